The molecule has 1 aromatic heterocycles. The van der Waals surface area contributed by atoms with Crippen LogP contribution < -0.4 is 20.7 Å². The highest BCUT2D eigenvalue weighted by Gasteiger charge is 2.23. The van der Waals surface area contributed by atoms with Crippen LogP contribution in [-0.2, 0) is 14.6 Å². The van der Waals surface area contributed by atoms with Gasteiger partial charge in [0.05, 0.1) is 34.8 Å². The standard InChI is InChI=1S/C22H24ClN5O4S/c1-13(2)33(30,31)20-8-6-5-7-17(20)26-21-16(23)12-24-22(28-21)27-18-11-15(25-14(3)29)9-10-19(18)32-4/h5-13H,1-4H3,(H,25,29)(H2,24,26,27,28). The third kappa shape index (κ3) is 5.71. The third-order valence-electron chi connectivity index (χ3n) is 4.58. The van der Waals surface area contributed by atoms with Gasteiger partial charge < -0.3 is 20.7 Å². The fraction of sp³-hybridized carbons (Fsp3) is 0.227. The number of nitrogens with one attached hydrogen (secondary N) is 3. The van der Waals surface area contributed by atoms with Crippen molar-refractivity contribution in [2.45, 2.75) is 30.9 Å². The monoisotopic (exact) mass is 489 g/mol. The number of aromatic nitrogens is 2. The number of ether oxygens (including phenoxy) is 1. The molecule has 3 rings (SSSR count). The molecule has 0 spiro atoms. The second kappa shape index (κ2) is 10.1. The lowest BCUT2D eigenvalue weighted by molar-refractivity contribution is -0.114. The Balaban J connectivity index is 1.95. The number of methoxy groups -OCH3 is 1. The molecule has 0 fully saturated rings. The Hall–Kier alpha value is -3.37. The van der Waals surface area contributed by atoms with Gasteiger partial charge >= 0.3 is 0 Å². The molecule has 174 valence electrons. The fourth-order valence-electron chi connectivity index (χ4n) is 2.92. The van der Waals surface area contributed by atoms with Crippen LogP contribution in [0.1, 0.15) is 20.8 Å². The van der Waals surface area contributed by atoms with E-state index in [-0.39, 0.29) is 27.6 Å². The number of carbonyl (C=O) groups is 1. The normalized spacial score (nSPS) is 11.2. The number of hydrogen-bond acceptors (Lipinski definition) is 8. The minimum absolute atomic E-state index is 0.147. The Bertz CT molecular complexity index is 1280. The van der Waals surface area contributed by atoms with Gasteiger partial charge in [-0.1, -0.05) is 23.7 Å². The number of anilines is 5. The summed E-state index contributed by atoms with van der Waals surface area (Å²) in [5.41, 5.74) is 1.42. The van der Waals surface area contributed by atoms with Gasteiger partial charge in [-0.05, 0) is 44.2 Å². The summed E-state index contributed by atoms with van der Waals surface area (Å²) in [6.07, 6.45) is 1.39. The zero-order valence-corrected chi connectivity index (χ0v) is 20.1. The van der Waals surface area contributed by atoms with E-state index in [0.29, 0.717) is 22.8 Å². The molecule has 0 aliphatic carbocycles. The predicted molar refractivity (Wildman–Crippen MR) is 130 cm³/mol. The first-order valence-corrected chi connectivity index (χ1v) is 11.9. The van der Waals surface area contributed by atoms with E-state index in [0.717, 1.165) is 0 Å². The summed E-state index contributed by atoms with van der Waals surface area (Å²) in [5, 5.41) is 8.35. The van der Waals surface area contributed by atoms with Gasteiger partial charge in [0.1, 0.15) is 10.8 Å². The topological polar surface area (TPSA) is 122 Å². The van der Waals surface area contributed by atoms with Crippen molar-refractivity contribution in [1.29, 1.82) is 0 Å². The lowest BCUT2D eigenvalue weighted by Gasteiger charge is -2.16. The molecule has 33 heavy (non-hydrogen) atoms. The van der Waals surface area contributed by atoms with Crippen molar-refractivity contribution in [3.05, 3.63) is 53.7 Å². The van der Waals surface area contributed by atoms with E-state index in [1.807, 2.05) is 0 Å². The lowest BCUT2D eigenvalue weighted by atomic mass is 10.2. The zero-order valence-electron chi connectivity index (χ0n) is 18.5. The van der Waals surface area contributed by atoms with Crippen LogP contribution >= 0.6 is 11.6 Å². The minimum atomic E-state index is -3.54. The predicted octanol–water partition coefficient (Wildman–Crippen LogP) is 4.77. The van der Waals surface area contributed by atoms with Crippen molar-refractivity contribution in [3.63, 3.8) is 0 Å². The molecule has 0 saturated heterocycles. The molecule has 0 saturated carbocycles. The van der Waals surface area contributed by atoms with Crippen LogP contribution in [0.4, 0.5) is 28.8 Å². The highest BCUT2D eigenvalue weighted by atomic mass is 35.5. The maximum absolute atomic E-state index is 12.8. The van der Waals surface area contributed by atoms with Crippen molar-refractivity contribution < 1.29 is 17.9 Å². The average Bonchev–Trinajstić information content (AvgIpc) is 2.76. The van der Waals surface area contributed by atoms with Crippen LogP contribution in [0.25, 0.3) is 0 Å². The number of carbonyl (C=O) groups excluding carboxylic acids is 1. The Morgan fingerprint density at radius 1 is 1.09 bits per heavy atom. The van der Waals surface area contributed by atoms with E-state index >= 15 is 0 Å². The van der Waals surface area contributed by atoms with Crippen LogP contribution in [0.15, 0.2) is 53.6 Å². The van der Waals surface area contributed by atoms with Crippen LogP contribution in [0.2, 0.25) is 5.02 Å². The summed E-state index contributed by atoms with van der Waals surface area (Å²) in [4.78, 5) is 20.1. The molecular formula is C22H24ClN5O4S. The highest BCUT2D eigenvalue weighted by molar-refractivity contribution is 7.92. The number of halogens is 1. The molecule has 0 atom stereocenters. The molecule has 3 aromatic rings. The number of benzene rings is 2. The lowest BCUT2D eigenvalue weighted by Crippen LogP contribution is -2.15. The summed E-state index contributed by atoms with van der Waals surface area (Å²) in [5.74, 6) is 0.697. The number of rotatable bonds is 8. The highest BCUT2D eigenvalue weighted by Crippen LogP contribution is 2.33. The van der Waals surface area contributed by atoms with Gasteiger partial charge in [0.2, 0.25) is 11.9 Å². The van der Waals surface area contributed by atoms with Gasteiger partial charge in [-0.3, -0.25) is 4.79 Å². The van der Waals surface area contributed by atoms with Gasteiger partial charge in [-0.15, -0.1) is 0 Å². The number of para-hydroxylation sites is 1. The van der Waals surface area contributed by atoms with E-state index in [4.69, 9.17) is 16.3 Å². The average molecular weight is 490 g/mol. The number of nitrogens with zero attached hydrogens (tertiary/aromatic N) is 2. The van der Waals surface area contributed by atoms with E-state index in [1.54, 1.807) is 50.2 Å². The summed E-state index contributed by atoms with van der Waals surface area (Å²) in [7, 11) is -2.02. The minimum Gasteiger partial charge on any atom is -0.495 e. The van der Waals surface area contributed by atoms with Crippen LogP contribution in [0.5, 0.6) is 5.75 Å². The summed E-state index contributed by atoms with van der Waals surface area (Å²) < 4.78 is 30.9. The first-order chi connectivity index (χ1) is 15.6. The SMILES string of the molecule is COc1ccc(NC(C)=O)cc1Nc1ncc(Cl)c(Nc2ccccc2S(=O)(=O)C(C)C)n1. The van der Waals surface area contributed by atoms with Crippen LogP contribution in [0.3, 0.4) is 0 Å². The molecule has 0 aliphatic rings. The van der Waals surface area contributed by atoms with E-state index in [2.05, 4.69) is 25.9 Å². The maximum Gasteiger partial charge on any atom is 0.229 e. The van der Waals surface area contributed by atoms with Crippen LogP contribution in [-0.4, -0.2) is 36.7 Å². The molecule has 0 unspecified atom stereocenters. The molecule has 2 aromatic carbocycles. The molecule has 11 heteroatoms. The number of hydrogen-bond donors (Lipinski definition) is 3. The fourth-order valence-corrected chi connectivity index (χ4v) is 4.26. The van der Waals surface area contributed by atoms with Gasteiger partial charge in [-0.25, -0.2) is 13.4 Å². The van der Waals surface area contributed by atoms with Gasteiger partial charge in [0.25, 0.3) is 0 Å². The Labute approximate surface area is 197 Å². The number of amides is 1. The quantitative estimate of drug-likeness (QED) is 0.413. The van der Waals surface area contributed by atoms with E-state index in [9.17, 15) is 13.2 Å². The molecule has 1 heterocycles. The van der Waals surface area contributed by atoms with Crippen molar-refractivity contribution in [2.75, 3.05) is 23.1 Å². The molecule has 1 amide bonds. The second-order valence-electron chi connectivity index (χ2n) is 7.33. The first kappa shape index (κ1) is 24.3. The van der Waals surface area contributed by atoms with E-state index < -0.39 is 15.1 Å². The summed E-state index contributed by atoms with van der Waals surface area (Å²) >= 11 is 6.28. The third-order valence-corrected chi connectivity index (χ3v) is 7.06. The molecule has 9 nitrogen and oxygen atoms in total. The molecule has 3 N–H and O–H groups in total. The Morgan fingerprint density at radius 3 is 2.48 bits per heavy atom. The zero-order chi connectivity index (χ0) is 24.2. The first-order valence-electron chi connectivity index (χ1n) is 9.97. The molecule has 0 aliphatic heterocycles. The van der Waals surface area contributed by atoms with Crippen molar-refractivity contribution in [1.82, 2.24) is 9.97 Å². The molecular weight excluding hydrogens is 466 g/mol. The Morgan fingerprint density at radius 2 is 1.82 bits per heavy atom. The van der Waals surface area contributed by atoms with Crippen molar-refractivity contribution >= 4 is 56.2 Å². The van der Waals surface area contributed by atoms with Crippen LogP contribution in [0, 0.1) is 0 Å². The van der Waals surface area contributed by atoms with Gasteiger partial charge in [0.15, 0.2) is 15.7 Å². The summed E-state index contributed by atoms with van der Waals surface area (Å²) in [6.45, 7) is 4.65. The van der Waals surface area contributed by atoms with Gasteiger partial charge in [0, 0.05) is 12.6 Å². The second-order valence-corrected chi connectivity index (χ2v) is 10.2. The Kier molecular flexibility index (Phi) is 7.39. The smallest absolute Gasteiger partial charge is 0.229 e. The number of sulfone groups is 1. The molecule has 0 bridgehead atoms. The van der Waals surface area contributed by atoms with Crippen molar-refractivity contribution in [2.24, 2.45) is 0 Å². The maximum atomic E-state index is 12.8. The largest absolute Gasteiger partial charge is 0.495 e. The molecule has 0 radical (unpaired) electrons. The van der Waals surface area contributed by atoms with Gasteiger partial charge in [-0.2, -0.15) is 4.98 Å². The van der Waals surface area contributed by atoms with E-state index in [1.165, 1.54) is 26.3 Å². The summed E-state index contributed by atoms with van der Waals surface area (Å²) in [6, 6.07) is 11.6. The van der Waals surface area contributed by atoms with Crippen molar-refractivity contribution in [3.8, 4) is 5.75 Å².